The smallest absolute Gasteiger partial charge is 0.128 e. The number of hydrogen-bond donors (Lipinski definition) is 4. The van der Waals surface area contributed by atoms with Gasteiger partial charge < -0.3 is 39.4 Å². The van der Waals surface area contributed by atoms with Gasteiger partial charge in [-0.3, -0.25) is 0 Å². The normalized spacial score (nSPS) is 19.2. The van der Waals surface area contributed by atoms with E-state index in [0.717, 1.165) is 44.5 Å². The summed E-state index contributed by atoms with van der Waals surface area (Å²) >= 11 is 0. The average molecular weight is 797 g/mol. The lowest BCUT2D eigenvalue weighted by atomic mass is 9.78. The van der Waals surface area contributed by atoms with Crippen LogP contribution in [-0.4, -0.2) is 48.9 Å². The van der Waals surface area contributed by atoms with Gasteiger partial charge in [-0.25, -0.2) is 0 Å². The molecule has 58 heavy (non-hydrogen) atoms. The third-order valence-corrected chi connectivity index (χ3v) is 11.7. The Morgan fingerprint density at radius 3 is 0.655 bits per heavy atom. The van der Waals surface area contributed by atoms with E-state index in [1.807, 2.05) is 24.3 Å². The summed E-state index contributed by atoms with van der Waals surface area (Å²) in [5, 5.41) is 49.8. The van der Waals surface area contributed by atoms with Crippen LogP contribution in [0.4, 0.5) is 0 Å². The molecule has 0 heterocycles. The minimum atomic E-state index is -1.41. The van der Waals surface area contributed by atoms with Crippen LogP contribution in [-0.2, 0) is 34.5 Å². The van der Waals surface area contributed by atoms with Gasteiger partial charge in [0.05, 0.1) is 28.4 Å². The average Bonchev–Trinajstić information content (AvgIpc) is 3.13. The van der Waals surface area contributed by atoms with E-state index < -0.39 is 24.4 Å². The van der Waals surface area contributed by atoms with E-state index in [0.29, 0.717) is 58.1 Å². The molecule has 316 valence electrons. The maximum Gasteiger partial charge on any atom is 0.128 e. The van der Waals surface area contributed by atoms with Crippen molar-refractivity contribution in [1.82, 2.24) is 0 Å². The molecule has 8 heteroatoms. The van der Waals surface area contributed by atoms with Crippen LogP contribution >= 0.6 is 0 Å². The van der Waals surface area contributed by atoms with Crippen LogP contribution in [0.15, 0.2) is 48.5 Å². The number of benzene rings is 4. The number of rotatable bonds is 4. The largest absolute Gasteiger partial charge is 0.496 e. The van der Waals surface area contributed by atoms with Crippen LogP contribution < -0.4 is 18.9 Å². The van der Waals surface area contributed by atoms with Crippen molar-refractivity contribution in [3.8, 4) is 23.0 Å². The molecule has 4 aromatic rings. The summed E-state index contributed by atoms with van der Waals surface area (Å²) in [5.74, 6) is 1.75. The Hall–Kier alpha value is -4.08. The molecular weight excluding hydrogens is 729 g/mol. The highest BCUT2D eigenvalue weighted by Crippen LogP contribution is 2.48. The predicted molar refractivity (Wildman–Crippen MR) is 232 cm³/mol. The molecule has 0 saturated heterocycles. The molecule has 8 bridgehead atoms. The van der Waals surface area contributed by atoms with Gasteiger partial charge in [-0.15, -0.1) is 0 Å². The molecule has 4 aromatic carbocycles. The van der Waals surface area contributed by atoms with Crippen molar-refractivity contribution >= 4 is 0 Å². The molecule has 4 atom stereocenters. The molecule has 0 radical (unpaired) electrons. The van der Waals surface area contributed by atoms with Gasteiger partial charge in [0.1, 0.15) is 47.4 Å². The monoisotopic (exact) mass is 796 g/mol. The number of ether oxygens (including phenoxy) is 4. The first-order chi connectivity index (χ1) is 26.8. The van der Waals surface area contributed by atoms with Crippen molar-refractivity contribution in [2.75, 3.05) is 28.4 Å². The predicted octanol–water partition coefficient (Wildman–Crippen LogP) is 9.94. The van der Waals surface area contributed by atoms with Gasteiger partial charge in [0, 0.05) is 35.1 Å². The summed E-state index contributed by atoms with van der Waals surface area (Å²) in [6.45, 7) is 25.3. The second kappa shape index (κ2) is 16.2. The van der Waals surface area contributed by atoms with Gasteiger partial charge in [0.2, 0.25) is 0 Å². The quantitative estimate of drug-likeness (QED) is 0.161. The molecule has 0 amide bonds. The van der Waals surface area contributed by atoms with Crippen LogP contribution in [0.25, 0.3) is 0 Å². The lowest BCUT2D eigenvalue weighted by Gasteiger charge is -2.31. The number of hydrogen-bond acceptors (Lipinski definition) is 8. The topological polar surface area (TPSA) is 118 Å². The third kappa shape index (κ3) is 8.77. The van der Waals surface area contributed by atoms with Crippen LogP contribution in [0.3, 0.4) is 0 Å². The van der Waals surface area contributed by atoms with Crippen molar-refractivity contribution in [3.63, 3.8) is 0 Å². The lowest BCUT2D eigenvalue weighted by Crippen LogP contribution is -2.21. The van der Waals surface area contributed by atoms with E-state index in [-0.39, 0.29) is 21.7 Å². The number of fused-ring (bicyclic) bond motifs is 8. The van der Waals surface area contributed by atoms with Crippen molar-refractivity contribution in [2.24, 2.45) is 0 Å². The summed E-state index contributed by atoms with van der Waals surface area (Å²) in [6, 6.07) is 16.0. The van der Waals surface area contributed by atoms with Crippen molar-refractivity contribution < 1.29 is 39.4 Å². The molecular formula is C50H68O8. The van der Waals surface area contributed by atoms with E-state index in [2.05, 4.69) is 107 Å². The number of methoxy groups -OCH3 is 4. The summed E-state index contributed by atoms with van der Waals surface area (Å²) < 4.78 is 24.6. The molecule has 0 fully saturated rings. The summed E-state index contributed by atoms with van der Waals surface area (Å²) in [7, 11) is 6.30. The van der Waals surface area contributed by atoms with Gasteiger partial charge in [-0.2, -0.15) is 0 Å². The minimum absolute atomic E-state index is 0.297. The zero-order chi connectivity index (χ0) is 43.4. The van der Waals surface area contributed by atoms with E-state index in [1.165, 1.54) is 0 Å². The number of aliphatic hydroxyl groups is 4. The summed E-state index contributed by atoms with van der Waals surface area (Å²) in [5.41, 5.74) is 7.24. The lowest BCUT2D eigenvalue weighted by molar-refractivity contribution is 0.0140. The Bertz CT molecular complexity index is 1830. The Labute approximate surface area is 347 Å². The summed E-state index contributed by atoms with van der Waals surface area (Å²) in [6.07, 6.45) is -5.04. The number of aliphatic hydroxyl groups excluding tert-OH is 4. The molecule has 0 saturated carbocycles. The van der Waals surface area contributed by atoms with E-state index >= 15 is 0 Å². The zero-order valence-corrected chi connectivity index (χ0v) is 37.8. The fourth-order valence-corrected chi connectivity index (χ4v) is 8.08. The van der Waals surface area contributed by atoms with Crippen LogP contribution in [0.1, 0.15) is 174 Å². The Morgan fingerprint density at radius 1 is 0.345 bits per heavy atom. The fourth-order valence-electron chi connectivity index (χ4n) is 8.08. The Morgan fingerprint density at radius 2 is 0.517 bits per heavy atom. The molecule has 4 N–H and O–H groups in total. The third-order valence-electron chi connectivity index (χ3n) is 11.7. The highest BCUT2D eigenvalue weighted by atomic mass is 16.5. The second-order valence-electron chi connectivity index (χ2n) is 20.2. The van der Waals surface area contributed by atoms with E-state index in [4.69, 9.17) is 18.9 Å². The first kappa shape index (κ1) is 45.0. The molecule has 0 aliphatic heterocycles. The fraction of sp³-hybridized carbons (Fsp3) is 0.520. The molecule has 5 rings (SSSR count). The molecule has 4 unspecified atom stereocenters. The maximum atomic E-state index is 12.5. The van der Waals surface area contributed by atoms with Crippen LogP contribution in [0.2, 0.25) is 0 Å². The van der Waals surface area contributed by atoms with Gasteiger partial charge in [-0.05, 0) is 90.4 Å². The second-order valence-corrected chi connectivity index (χ2v) is 20.2. The molecule has 0 aromatic heterocycles. The van der Waals surface area contributed by atoms with Gasteiger partial charge in [0.15, 0.2) is 0 Å². The first-order valence-corrected chi connectivity index (χ1v) is 20.3. The Balaban J connectivity index is 1.99. The SMILES string of the molecule is COc1c2cc(C(C)(C)C)cc1C(O)C(O)c1cc(C(C)(C)C)cc(c1OC)Cc1cc(C(C)(C)C)cc(c1OC)C(O)C(O)c1cc(C(C)(C)C)cc(c1OC)C2. The molecule has 1 aliphatic carbocycles. The molecule has 0 spiro atoms. The van der Waals surface area contributed by atoms with E-state index in [9.17, 15) is 20.4 Å². The Kier molecular flexibility index (Phi) is 12.6. The highest BCUT2D eigenvalue weighted by Gasteiger charge is 2.35. The van der Waals surface area contributed by atoms with Crippen molar-refractivity contribution in [2.45, 2.75) is 142 Å². The minimum Gasteiger partial charge on any atom is -0.496 e. The van der Waals surface area contributed by atoms with Gasteiger partial charge >= 0.3 is 0 Å². The first-order valence-electron chi connectivity index (χ1n) is 20.3. The maximum absolute atomic E-state index is 12.5. The molecule has 8 nitrogen and oxygen atoms in total. The highest BCUT2D eigenvalue weighted by molar-refractivity contribution is 5.58. The standard InChI is InChI=1S/C50H68O8/c1-47(2,3)31-19-27-17-28-20-32(48(4,5)6)25-37(44(28)56-14)41(53)42(54)38-26-34(50(10,11)12)22-30(46(38)58-16)18-29-21-33(49(7,8)9)24-36(45(29)57-15)40(52)39(51)35(23-31)43(27)55-13/h19-26,39-42,51-54H,17-18H2,1-16H3. The molecule has 1 aliphatic rings. The van der Waals surface area contributed by atoms with Crippen LogP contribution in [0, 0.1) is 0 Å². The summed E-state index contributed by atoms with van der Waals surface area (Å²) in [4.78, 5) is 0. The van der Waals surface area contributed by atoms with Gasteiger partial charge in [0.25, 0.3) is 0 Å². The van der Waals surface area contributed by atoms with Gasteiger partial charge in [-0.1, -0.05) is 107 Å². The zero-order valence-electron chi connectivity index (χ0n) is 37.8. The van der Waals surface area contributed by atoms with Crippen LogP contribution in [0.5, 0.6) is 23.0 Å². The van der Waals surface area contributed by atoms with Crippen molar-refractivity contribution in [3.05, 3.63) is 115 Å². The van der Waals surface area contributed by atoms with E-state index in [1.54, 1.807) is 28.4 Å². The van der Waals surface area contributed by atoms with Crippen molar-refractivity contribution in [1.29, 1.82) is 0 Å².